The zero-order valence-corrected chi connectivity index (χ0v) is 15.1. The largest absolute Gasteiger partial charge is 0.471 e. The van der Waals surface area contributed by atoms with Crippen molar-refractivity contribution in [3.63, 3.8) is 0 Å². The van der Waals surface area contributed by atoms with Gasteiger partial charge in [-0.15, -0.1) is 0 Å². The van der Waals surface area contributed by atoms with Crippen molar-refractivity contribution < 1.29 is 23.8 Å². The number of carbonyl (C=O) groups excluding carboxylic acids is 1. The Labute approximate surface area is 151 Å². The molecule has 2 unspecified atom stereocenters. The predicted molar refractivity (Wildman–Crippen MR) is 94.7 cm³/mol. The first kappa shape index (κ1) is 18.3. The maximum Gasteiger partial charge on any atom is 0.357 e. The van der Waals surface area contributed by atoms with Crippen molar-refractivity contribution in [2.45, 2.75) is 45.8 Å². The van der Waals surface area contributed by atoms with Crippen molar-refractivity contribution in [1.82, 2.24) is 4.98 Å². The number of aromatic nitrogens is 1. The Hall–Kier alpha value is -2.47. The number of rotatable bonds is 4. The molecule has 26 heavy (non-hydrogen) atoms. The van der Waals surface area contributed by atoms with Crippen LogP contribution in [0.1, 0.15) is 41.9 Å². The van der Waals surface area contributed by atoms with Crippen LogP contribution >= 0.6 is 0 Å². The van der Waals surface area contributed by atoms with E-state index in [-0.39, 0.29) is 24.0 Å². The number of fused-ring (bicyclic) bond motifs is 1. The van der Waals surface area contributed by atoms with Crippen molar-refractivity contribution in [3.8, 4) is 17.0 Å². The van der Waals surface area contributed by atoms with Crippen LogP contribution in [-0.4, -0.2) is 34.9 Å². The van der Waals surface area contributed by atoms with Crippen LogP contribution in [0.2, 0.25) is 0 Å². The van der Waals surface area contributed by atoms with E-state index in [2.05, 4.69) is 4.98 Å². The number of carbonyl (C=O) groups is 1. The average Bonchev–Trinajstić information content (AvgIpc) is 2.60. The van der Waals surface area contributed by atoms with E-state index in [0.29, 0.717) is 24.0 Å². The number of ether oxygens (including phenoxy) is 2. The first-order valence-corrected chi connectivity index (χ1v) is 8.73. The van der Waals surface area contributed by atoms with Crippen LogP contribution in [0.15, 0.2) is 24.3 Å². The van der Waals surface area contributed by atoms with E-state index in [1.165, 1.54) is 6.07 Å². The van der Waals surface area contributed by atoms with Crippen LogP contribution in [0.25, 0.3) is 11.1 Å². The second-order valence-electron chi connectivity index (χ2n) is 6.48. The Morgan fingerprint density at radius 2 is 2.19 bits per heavy atom. The number of pyridine rings is 1. The van der Waals surface area contributed by atoms with Gasteiger partial charge in [-0.1, -0.05) is 12.1 Å². The standard InChI is InChI=1S/C20H22FNO4/c1-4-25-20(24)17-10-15(13-6-5-11(2)9-16(13)21)14-7-8-18(12(3)23)26-19(14)22-17/h5-6,9-10,12,18,23H,4,7-8H2,1-3H3. The van der Waals surface area contributed by atoms with Crippen molar-refractivity contribution in [2.24, 2.45) is 0 Å². The van der Waals surface area contributed by atoms with Crippen LogP contribution in [-0.2, 0) is 11.2 Å². The topological polar surface area (TPSA) is 68.7 Å². The fraction of sp³-hybridized carbons (Fsp3) is 0.400. The summed E-state index contributed by atoms with van der Waals surface area (Å²) < 4.78 is 25.4. The Balaban J connectivity index is 2.15. The van der Waals surface area contributed by atoms with Gasteiger partial charge in [0.05, 0.1) is 12.7 Å². The molecular formula is C20H22FNO4. The summed E-state index contributed by atoms with van der Waals surface area (Å²) in [5.41, 5.74) is 2.56. The second kappa shape index (κ2) is 7.41. The zero-order chi connectivity index (χ0) is 18.8. The van der Waals surface area contributed by atoms with E-state index in [1.54, 1.807) is 26.0 Å². The highest BCUT2D eigenvalue weighted by molar-refractivity contribution is 5.90. The van der Waals surface area contributed by atoms with Crippen LogP contribution < -0.4 is 4.74 Å². The molecule has 0 bridgehead atoms. The molecule has 0 fully saturated rings. The van der Waals surface area contributed by atoms with Gasteiger partial charge in [-0.2, -0.15) is 0 Å². The summed E-state index contributed by atoms with van der Waals surface area (Å²) in [4.78, 5) is 16.5. The van der Waals surface area contributed by atoms with E-state index < -0.39 is 18.2 Å². The summed E-state index contributed by atoms with van der Waals surface area (Å²) in [5, 5.41) is 9.82. The molecule has 0 spiro atoms. The number of benzene rings is 1. The van der Waals surface area contributed by atoms with Crippen LogP contribution in [0.4, 0.5) is 4.39 Å². The third-order valence-electron chi connectivity index (χ3n) is 4.47. The molecular weight excluding hydrogens is 337 g/mol. The molecule has 0 radical (unpaired) electrons. The Morgan fingerprint density at radius 1 is 1.42 bits per heavy atom. The molecule has 2 heterocycles. The molecule has 2 atom stereocenters. The zero-order valence-electron chi connectivity index (χ0n) is 15.1. The number of aliphatic hydroxyl groups is 1. The van der Waals surface area contributed by atoms with E-state index in [0.717, 1.165) is 11.1 Å². The first-order chi connectivity index (χ1) is 12.4. The maximum absolute atomic E-state index is 14.6. The number of hydrogen-bond donors (Lipinski definition) is 1. The van der Waals surface area contributed by atoms with Crippen LogP contribution in [0.3, 0.4) is 0 Å². The van der Waals surface area contributed by atoms with Crippen LogP contribution in [0, 0.1) is 12.7 Å². The van der Waals surface area contributed by atoms with Gasteiger partial charge in [0.15, 0.2) is 5.69 Å². The Bertz CT molecular complexity index is 835. The number of nitrogens with zero attached hydrogens (tertiary/aromatic N) is 1. The molecule has 0 aliphatic carbocycles. The van der Waals surface area contributed by atoms with Gasteiger partial charge in [0.25, 0.3) is 0 Å². The van der Waals surface area contributed by atoms with Crippen LogP contribution in [0.5, 0.6) is 5.88 Å². The van der Waals surface area contributed by atoms with Gasteiger partial charge < -0.3 is 14.6 Å². The minimum Gasteiger partial charge on any atom is -0.471 e. The molecule has 3 rings (SSSR count). The SMILES string of the molecule is CCOC(=O)c1cc(-c2ccc(C)cc2F)c2c(n1)OC(C(C)O)CC2. The lowest BCUT2D eigenvalue weighted by atomic mass is 9.92. The highest BCUT2D eigenvalue weighted by Crippen LogP contribution is 2.37. The maximum atomic E-state index is 14.6. The molecule has 6 heteroatoms. The molecule has 5 nitrogen and oxygen atoms in total. The number of aliphatic hydroxyl groups excluding tert-OH is 1. The summed E-state index contributed by atoms with van der Waals surface area (Å²) >= 11 is 0. The fourth-order valence-corrected chi connectivity index (χ4v) is 3.10. The monoisotopic (exact) mass is 359 g/mol. The second-order valence-corrected chi connectivity index (χ2v) is 6.48. The normalized spacial score (nSPS) is 17.2. The first-order valence-electron chi connectivity index (χ1n) is 8.73. The Morgan fingerprint density at radius 3 is 2.85 bits per heavy atom. The third-order valence-corrected chi connectivity index (χ3v) is 4.47. The van der Waals surface area contributed by atoms with Crippen molar-refractivity contribution >= 4 is 5.97 Å². The lowest BCUT2D eigenvalue weighted by Crippen LogP contribution is -2.33. The van der Waals surface area contributed by atoms with Gasteiger partial charge in [-0.25, -0.2) is 14.2 Å². The smallest absolute Gasteiger partial charge is 0.357 e. The number of aryl methyl sites for hydroxylation is 1. The minimum absolute atomic E-state index is 0.0619. The molecule has 0 amide bonds. The third kappa shape index (κ3) is 3.55. The average molecular weight is 359 g/mol. The summed E-state index contributed by atoms with van der Waals surface area (Å²) in [7, 11) is 0. The number of hydrogen-bond acceptors (Lipinski definition) is 5. The van der Waals surface area contributed by atoms with E-state index in [9.17, 15) is 14.3 Å². The number of halogens is 1. The summed E-state index contributed by atoms with van der Waals surface area (Å²) in [5.74, 6) is -0.708. The minimum atomic E-state index is -0.671. The van der Waals surface area contributed by atoms with Gasteiger partial charge in [0.2, 0.25) is 5.88 Å². The predicted octanol–water partition coefficient (Wildman–Crippen LogP) is 3.45. The summed E-state index contributed by atoms with van der Waals surface area (Å²) in [6.45, 7) is 5.38. The van der Waals surface area contributed by atoms with Gasteiger partial charge in [0, 0.05) is 11.1 Å². The lowest BCUT2D eigenvalue weighted by Gasteiger charge is -2.29. The van der Waals surface area contributed by atoms with Crippen molar-refractivity contribution in [2.75, 3.05) is 6.61 Å². The molecule has 138 valence electrons. The molecule has 1 aromatic carbocycles. The molecule has 0 saturated carbocycles. The molecule has 1 aromatic heterocycles. The summed E-state index contributed by atoms with van der Waals surface area (Å²) in [6, 6.07) is 6.51. The molecule has 1 N–H and O–H groups in total. The highest BCUT2D eigenvalue weighted by atomic mass is 19.1. The van der Waals surface area contributed by atoms with E-state index in [1.807, 2.05) is 13.0 Å². The van der Waals surface area contributed by atoms with E-state index in [4.69, 9.17) is 9.47 Å². The molecule has 0 saturated heterocycles. The molecule has 2 aromatic rings. The van der Waals surface area contributed by atoms with Gasteiger partial charge >= 0.3 is 5.97 Å². The van der Waals surface area contributed by atoms with Crippen molar-refractivity contribution in [1.29, 1.82) is 0 Å². The van der Waals surface area contributed by atoms with Gasteiger partial charge in [0.1, 0.15) is 11.9 Å². The molecule has 1 aliphatic rings. The highest BCUT2D eigenvalue weighted by Gasteiger charge is 2.29. The fourth-order valence-electron chi connectivity index (χ4n) is 3.10. The van der Waals surface area contributed by atoms with Gasteiger partial charge in [-0.3, -0.25) is 0 Å². The van der Waals surface area contributed by atoms with Crippen molar-refractivity contribution in [3.05, 3.63) is 46.9 Å². The molecule has 1 aliphatic heterocycles. The van der Waals surface area contributed by atoms with Gasteiger partial charge in [-0.05, 0) is 56.9 Å². The number of esters is 1. The quantitative estimate of drug-likeness (QED) is 0.847. The summed E-state index contributed by atoms with van der Waals surface area (Å²) in [6.07, 6.45) is 0.0776. The Kier molecular flexibility index (Phi) is 5.23. The van der Waals surface area contributed by atoms with E-state index >= 15 is 0 Å². The lowest BCUT2D eigenvalue weighted by molar-refractivity contribution is 0.0317.